The maximum absolute atomic E-state index is 5.76. The first-order chi connectivity index (χ1) is 15.3. The molecule has 0 saturated carbocycles. The molecule has 32 heavy (non-hydrogen) atoms. The van der Waals surface area contributed by atoms with Gasteiger partial charge in [-0.3, -0.25) is 9.89 Å². The Hall–Kier alpha value is -1.10. The molecule has 0 amide bonds. The standard InChI is InChI=1S/C24H40N4O3.HI/c1-25-24(26-11-3-14-30-18-22-10-15-31-19-22)27-16-20-8-12-28(13-9-20)17-21-4-6-23(29-2)7-5-21;/h4-7,20,22H,3,8-19H2,1-2H3,(H2,25,26,27);1H. The van der Waals surface area contributed by atoms with E-state index < -0.39 is 0 Å². The number of ether oxygens (including phenoxy) is 3. The van der Waals surface area contributed by atoms with E-state index in [1.54, 1.807) is 7.11 Å². The van der Waals surface area contributed by atoms with E-state index in [2.05, 4.69) is 32.7 Å². The third kappa shape index (κ3) is 9.80. The van der Waals surface area contributed by atoms with Crippen LogP contribution >= 0.6 is 24.0 Å². The van der Waals surface area contributed by atoms with E-state index in [0.29, 0.717) is 11.8 Å². The van der Waals surface area contributed by atoms with Crippen LogP contribution in [0.5, 0.6) is 5.75 Å². The van der Waals surface area contributed by atoms with E-state index in [-0.39, 0.29) is 24.0 Å². The zero-order chi connectivity index (χ0) is 21.7. The van der Waals surface area contributed by atoms with E-state index in [1.165, 1.54) is 18.4 Å². The van der Waals surface area contributed by atoms with Crippen LogP contribution in [0.3, 0.4) is 0 Å². The highest BCUT2D eigenvalue weighted by atomic mass is 127. The first kappa shape index (κ1) is 27.1. The minimum atomic E-state index is 0. The average molecular weight is 561 g/mol. The molecule has 2 saturated heterocycles. The molecule has 8 heteroatoms. The predicted octanol–water partition coefficient (Wildman–Crippen LogP) is 3.13. The van der Waals surface area contributed by atoms with Crippen molar-refractivity contribution in [3.8, 4) is 5.75 Å². The molecule has 3 rings (SSSR count). The van der Waals surface area contributed by atoms with Crippen molar-refractivity contribution in [2.75, 3.05) is 66.8 Å². The van der Waals surface area contributed by atoms with Crippen LogP contribution in [0.15, 0.2) is 29.3 Å². The van der Waals surface area contributed by atoms with Gasteiger partial charge >= 0.3 is 0 Å². The number of likely N-dealkylation sites (tertiary alicyclic amines) is 1. The molecule has 1 atom stereocenters. The summed E-state index contributed by atoms with van der Waals surface area (Å²) in [6.45, 7) is 8.52. The molecule has 0 radical (unpaired) electrons. The minimum absolute atomic E-state index is 0. The van der Waals surface area contributed by atoms with Gasteiger partial charge in [-0.2, -0.15) is 0 Å². The Labute approximate surface area is 210 Å². The molecule has 2 N–H and O–H groups in total. The Morgan fingerprint density at radius 2 is 1.91 bits per heavy atom. The van der Waals surface area contributed by atoms with Crippen LogP contribution in [0, 0.1) is 11.8 Å². The van der Waals surface area contributed by atoms with Gasteiger partial charge in [0.15, 0.2) is 5.96 Å². The van der Waals surface area contributed by atoms with Crippen molar-refractivity contribution >= 4 is 29.9 Å². The molecule has 2 heterocycles. The molecule has 0 bridgehead atoms. The summed E-state index contributed by atoms with van der Waals surface area (Å²) in [5, 5.41) is 6.90. The van der Waals surface area contributed by atoms with Gasteiger partial charge in [-0.15, -0.1) is 24.0 Å². The fourth-order valence-corrected chi connectivity index (χ4v) is 4.15. The maximum Gasteiger partial charge on any atom is 0.190 e. The molecular formula is C24H41IN4O3. The normalized spacial score (nSPS) is 20.1. The molecule has 182 valence electrons. The molecule has 0 aliphatic carbocycles. The Morgan fingerprint density at radius 3 is 2.56 bits per heavy atom. The van der Waals surface area contributed by atoms with Gasteiger partial charge in [-0.05, 0) is 62.4 Å². The van der Waals surface area contributed by atoms with Crippen LogP contribution in [-0.2, 0) is 16.0 Å². The van der Waals surface area contributed by atoms with Gasteiger partial charge in [-0.25, -0.2) is 0 Å². The van der Waals surface area contributed by atoms with Gasteiger partial charge in [0.2, 0.25) is 0 Å². The number of aliphatic imine (C=N–C) groups is 1. The summed E-state index contributed by atoms with van der Waals surface area (Å²) in [6, 6.07) is 8.41. The second-order valence-electron chi connectivity index (χ2n) is 8.61. The van der Waals surface area contributed by atoms with Gasteiger partial charge < -0.3 is 24.8 Å². The lowest BCUT2D eigenvalue weighted by molar-refractivity contribution is 0.0888. The van der Waals surface area contributed by atoms with Crippen LogP contribution in [-0.4, -0.2) is 77.6 Å². The summed E-state index contributed by atoms with van der Waals surface area (Å²) in [6.07, 6.45) is 4.56. The molecule has 7 nitrogen and oxygen atoms in total. The second kappa shape index (κ2) is 15.7. The Morgan fingerprint density at radius 1 is 1.12 bits per heavy atom. The highest BCUT2D eigenvalue weighted by molar-refractivity contribution is 14.0. The smallest absolute Gasteiger partial charge is 0.190 e. The number of halogens is 1. The summed E-state index contributed by atoms with van der Waals surface area (Å²) >= 11 is 0. The van der Waals surface area contributed by atoms with E-state index in [0.717, 1.165) is 83.7 Å². The minimum Gasteiger partial charge on any atom is -0.497 e. The highest BCUT2D eigenvalue weighted by Crippen LogP contribution is 2.19. The number of rotatable bonds is 11. The van der Waals surface area contributed by atoms with E-state index in [9.17, 15) is 0 Å². The third-order valence-electron chi connectivity index (χ3n) is 6.19. The van der Waals surface area contributed by atoms with E-state index >= 15 is 0 Å². The third-order valence-corrected chi connectivity index (χ3v) is 6.19. The maximum atomic E-state index is 5.76. The first-order valence-corrected chi connectivity index (χ1v) is 11.7. The van der Waals surface area contributed by atoms with Gasteiger partial charge in [0.05, 0.1) is 20.3 Å². The summed E-state index contributed by atoms with van der Waals surface area (Å²) in [7, 11) is 3.55. The van der Waals surface area contributed by atoms with Crippen molar-refractivity contribution in [1.82, 2.24) is 15.5 Å². The molecule has 0 spiro atoms. The van der Waals surface area contributed by atoms with Crippen LogP contribution in [0.4, 0.5) is 0 Å². The van der Waals surface area contributed by atoms with Crippen LogP contribution < -0.4 is 15.4 Å². The highest BCUT2D eigenvalue weighted by Gasteiger charge is 2.19. The van der Waals surface area contributed by atoms with Crippen molar-refractivity contribution in [2.24, 2.45) is 16.8 Å². The molecule has 2 aliphatic rings. The van der Waals surface area contributed by atoms with Gasteiger partial charge in [0.25, 0.3) is 0 Å². The molecule has 1 aromatic rings. The van der Waals surface area contributed by atoms with Crippen molar-refractivity contribution in [1.29, 1.82) is 0 Å². The van der Waals surface area contributed by atoms with Crippen molar-refractivity contribution in [3.05, 3.63) is 29.8 Å². The lowest BCUT2D eigenvalue weighted by atomic mass is 9.96. The van der Waals surface area contributed by atoms with Crippen molar-refractivity contribution < 1.29 is 14.2 Å². The monoisotopic (exact) mass is 560 g/mol. The number of nitrogens with zero attached hydrogens (tertiary/aromatic N) is 2. The zero-order valence-corrected chi connectivity index (χ0v) is 22.0. The summed E-state index contributed by atoms with van der Waals surface area (Å²) in [4.78, 5) is 6.90. The second-order valence-corrected chi connectivity index (χ2v) is 8.61. The van der Waals surface area contributed by atoms with E-state index in [1.807, 2.05) is 19.2 Å². The molecular weight excluding hydrogens is 519 g/mol. The van der Waals surface area contributed by atoms with Crippen LogP contribution in [0.1, 0.15) is 31.2 Å². The quantitative estimate of drug-likeness (QED) is 0.188. The number of nitrogens with one attached hydrogen (secondary N) is 2. The number of guanidine groups is 1. The molecule has 2 fully saturated rings. The number of hydrogen-bond acceptors (Lipinski definition) is 5. The average Bonchev–Trinajstić information content (AvgIpc) is 3.33. The number of benzene rings is 1. The van der Waals surface area contributed by atoms with Crippen molar-refractivity contribution in [2.45, 2.75) is 32.2 Å². The Balaban J connectivity index is 0.00000363. The lowest BCUT2D eigenvalue weighted by Gasteiger charge is -2.32. The number of piperidine rings is 1. The fourth-order valence-electron chi connectivity index (χ4n) is 4.15. The molecule has 0 aromatic heterocycles. The number of methoxy groups -OCH3 is 1. The zero-order valence-electron chi connectivity index (χ0n) is 19.7. The molecule has 2 aliphatic heterocycles. The van der Waals surface area contributed by atoms with E-state index in [4.69, 9.17) is 14.2 Å². The lowest BCUT2D eigenvalue weighted by Crippen LogP contribution is -2.43. The molecule has 1 aromatic carbocycles. The van der Waals surface area contributed by atoms with Gasteiger partial charge in [0.1, 0.15) is 5.75 Å². The summed E-state index contributed by atoms with van der Waals surface area (Å²) in [5.41, 5.74) is 1.35. The number of hydrogen-bond donors (Lipinski definition) is 2. The predicted molar refractivity (Wildman–Crippen MR) is 140 cm³/mol. The first-order valence-electron chi connectivity index (χ1n) is 11.7. The fraction of sp³-hybridized carbons (Fsp3) is 0.708. The molecule has 1 unspecified atom stereocenters. The van der Waals surface area contributed by atoms with Gasteiger partial charge in [0, 0.05) is 45.8 Å². The van der Waals surface area contributed by atoms with Crippen molar-refractivity contribution in [3.63, 3.8) is 0 Å². The summed E-state index contributed by atoms with van der Waals surface area (Å²) in [5.74, 6) is 3.10. The Bertz CT molecular complexity index is 645. The van der Waals surface area contributed by atoms with Crippen LogP contribution in [0.25, 0.3) is 0 Å². The van der Waals surface area contributed by atoms with Crippen LogP contribution in [0.2, 0.25) is 0 Å². The largest absolute Gasteiger partial charge is 0.497 e. The summed E-state index contributed by atoms with van der Waals surface area (Å²) < 4.78 is 16.4. The SMILES string of the molecule is CN=C(NCCCOCC1CCOC1)NCC1CCN(Cc2ccc(OC)cc2)CC1.I. The van der Waals surface area contributed by atoms with Gasteiger partial charge in [-0.1, -0.05) is 12.1 Å². The topological polar surface area (TPSA) is 67.4 Å². The Kier molecular flexibility index (Phi) is 13.3.